The Bertz CT molecular complexity index is 703. The van der Waals surface area contributed by atoms with Gasteiger partial charge in [0.1, 0.15) is 6.04 Å². The average molecular weight is 354 g/mol. The Morgan fingerprint density at radius 3 is 2.78 bits per heavy atom. The van der Waals surface area contributed by atoms with Gasteiger partial charge in [0.25, 0.3) is 0 Å². The van der Waals surface area contributed by atoms with E-state index in [4.69, 9.17) is 17.3 Å². The molecular formula is C15H20ClN5OS. The van der Waals surface area contributed by atoms with Crippen molar-refractivity contribution in [3.63, 3.8) is 0 Å². The molecule has 0 radical (unpaired) electrons. The van der Waals surface area contributed by atoms with Crippen LogP contribution in [0.1, 0.15) is 31.9 Å². The van der Waals surface area contributed by atoms with E-state index in [2.05, 4.69) is 15.5 Å². The number of hydrogen-bond acceptors (Lipinski definition) is 5. The molecule has 2 rings (SSSR count). The predicted octanol–water partition coefficient (Wildman–Crippen LogP) is 3.52. The fourth-order valence-corrected chi connectivity index (χ4v) is 3.09. The number of amides is 1. The number of anilines is 2. The quantitative estimate of drug-likeness (QED) is 0.776. The predicted molar refractivity (Wildman–Crippen MR) is 95.0 cm³/mol. The van der Waals surface area contributed by atoms with Crippen LogP contribution in [0.5, 0.6) is 0 Å². The number of thioether (sulfide) groups is 1. The van der Waals surface area contributed by atoms with Crippen molar-refractivity contribution in [1.82, 2.24) is 14.8 Å². The topological polar surface area (TPSA) is 85.8 Å². The van der Waals surface area contributed by atoms with E-state index < -0.39 is 6.04 Å². The van der Waals surface area contributed by atoms with E-state index in [1.807, 2.05) is 32.9 Å². The van der Waals surface area contributed by atoms with Crippen molar-refractivity contribution in [2.75, 3.05) is 16.8 Å². The summed E-state index contributed by atoms with van der Waals surface area (Å²) in [5.74, 6) is 0.894. The third-order valence-corrected chi connectivity index (χ3v) is 4.64. The summed E-state index contributed by atoms with van der Waals surface area (Å²) in [6.07, 6.45) is 0.574. The SMILES string of the molecule is CCSc1nnc(N)n1C(CC)C(=O)Nc1ccc(C)c(Cl)c1. The maximum absolute atomic E-state index is 12.7. The summed E-state index contributed by atoms with van der Waals surface area (Å²) in [5, 5.41) is 12.1. The van der Waals surface area contributed by atoms with Crippen molar-refractivity contribution in [2.45, 2.75) is 38.4 Å². The highest BCUT2D eigenvalue weighted by Crippen LogP contribution is 2.26. The molecule has 1 atom stereocenters. The molecule has 1 unspecified atom stereocenters. The molecule has 0 aliphatic heterocycles. The monoisotopic (exact) mass is 353 g/mol. The Balaban J connectivity index is 2.25. The van der Waals surface area contributed by atoms with Crippen LogP contribution in [0.4, 0.5) is 11.6 Å². The van der Waals surface area contributed by atoms with Crippen molar-refractivity contribution < 1.29 is 4.79 Å². The first-order valence-corrected chi connectivity index (χ1v) is 8.74. The van der Waals surface area contributed by atoms with E-state index in [1.165, 1.54) is 11.8 Å². The molecule has 1 aromatic carbocycles. The van der Waals surface area contributed by atoms with Gasteiger partial charge in [-0.2, -0.15) is 0 Å². The number of carbonyl (C=O) groups is 1. The standard InChI is InChI=1S/C15H20ClN5OS/c1-4-12(21-14(17)19-20-15(21)23-5-2)13(22)18-10-7-6-9(3)11(16)8-10/h6-8,12H,4-5H2,1-3H3,(H2,17,19)(H,18,22). The number of rotatable bonds is 6. The van der Waals surface area contributed by atoms with Crippen LogP contribution in [0.15, 0.2) is 23.4 Å². The molecule has 0 spiro atoms. The number of hydrogen-bond donors (Lipinski definition) is 2. The van der Waals surface area contributed by atoms with Crippen molar-refractivity contribution in [2.24, 2.45) is 0 Å². The van der Waals surface area contributed by atoms with Crippen LogP contribution in [0.2, 0.25) is 5.02 Å². The summed E-state index contributed by atoms with van der Waals surface area (Å²) in [6, 6.07) is 4.95. The second kappa shape index (κ2) is 7.70. The van der Waals surface area contributed by atoms with E-state index in [1.54, 1.807) is 10.6 Å². The van der Waals surface area contributed by atoms with Crippen molar-refractivity contribution in [3.8, 4) is 0 Å². The molecule has 1 heterocycles. The first kappa shape index (κ1) is 17.6. The minimum Gasteiger partial charge on any atom is -0.368 e. The lowest BCUT2D eigenvalue weighted by Crippen LogP contribution is -2.27. The van der Waals surface area contributed by atoms with E-state index in [0.29, 0.717) is 22.3 Å². The zero-order chi connectivity index (χ0) is 17.0. The second-order valence-corrected chi connectivity index (χ2v) is 6.66. The molecule has 8 heteroatoms. The summed E-state index contributed by atoms with van der Waals surface area (Å²) in [7, 11) is 0. The number of nitrogens with zero attached hydrogens (tertiary/aromatic N) is 3. The molecule has 6 nitrogen and oxygen atoms in total. The van der Waals surface area contributed by atoms with Crippen LogP contribution in [0, 0.1) is 6.92 Å². The first-order chi connectivity index (χ1) is 11.0. The molecule has 1 amide bonds. The van der Waals surface area contributed by atoms with Crippen LogP contribution >= 0.6 is 23.4 Å². The zero-order valence-corrected chi connectivity index (χ0v) is 14.9. The number of halogens is 1. The van der Waals surface area contributed by atoms with Gasteiger partial charge in [0.15, 0.2) is 5.16 Å². The summed E-state index contributed by atoms with van der Waals surface area (Å²) in [6.45, 7) is 5.84. The number of aryl methyl sites for hydroxylation is 1. The Morgan fingerprint density at radius 2 is 2.17 bits per heavy atom. The number of aromatic nitrogens is 3. The Kier molecular flexibility index (Phi) is 5.90. The minimum atomic E-state index is -0.473. The fraction of sp³-hybridized carbons (Fsp3) is 0.400. The molecule has 0 aliphatic rings. The Labute approximate surface area is 144 Å². The highest BCUT2D eigenvalue weighted by molar-refractivity contribution is 7.99. The van der Waals surface area contributed by atoms with Gasteiger partial charge in [-0.15, -0.1) is 10.2 Å². The summed E-state index contributed by atoms with van der Waals surface area (Å²) in [4.78, 5) is 12.7. The van der Waals surface area contributed by atoms with Gasteiger partial charge in [-0.1, -0.05) is 43.3 Å². The Morgan fingerprint density at radius 1 is 1.43 bits per heavy atom. The molecule has 2 aromatic rings. The van der Waals surface area contributed by atoms with Crippen molar-refractivity contribution in [1.29, 1.82) is 0 Å². The number of nitrogen functional groups attached to an aromatic ring is 1. The molecule has 0 bridgehead atoms. The van der Waals surface area contributed by atoms with Crippen LogP contribution < -0.4 is 11.1 Å². The maximum Gasteiger partial charge on any atom is 0.247 e. The smallest absolute Gasteiger partial charge is 0.247 e. The number of nitrogens with one attached hydrogen (secondary N) is 1. The van der Waals surface area contributed by atoms with E-state index >= 15 is 0 Å². The lowest BCUT2D eigenvalue weighted by atomic mass is 10.2. The largest absolute Gasteiger partial charge is 0.368 e. The van der Waals surface area contributed by atoms with Gasteiger partial charge in [0.2, 0.25) is 11.9 Å². The normalized spacial score (nSPS) is 12.2. The molecular weight excluding hydrogens is 334 g/mol. The van der Waals surface area contributed by atoms with Gasteiger partial charge < -0.3 is 11.1 Å². The summed E-state index contributed by atoms with van der Waals surface area (Å²) >= 11 is 7.60. The van der Waals surface area contributed by atoms with Gasteiger partial charge in [0.05, 0.1) is 0 Å². The van der Waals surface area contributed by atoms with Gasteiger partial charge >= 0.3 is 0 Å². The number of carbonyl (C=O) groups excluding carboxylic acids is 1. The van der Waals surface area contributed by atoms with Gasteiger partial charge in [0, 0.05) is 10.7 Å². The average Bonchev–Trinajstić information content (AvgIpc) is 2.86. The van der Waals surface area contributed by atoms with Crippen molar-refractivity contribution >= 4 is 40.9 Å². The lowest BCUT2D eigenvalue weighted by Gasteiger charge is -2.19. The maximum atomic E-state index is 12.7. The number of nitrogens with two attached hydrogens (primary N) is 1. The molecule has 23 heavy (non-hydrogen) atoms. The van der Waals surface area contributed by atoms with E-state index in [0.717, 1.165) is 11.3 Å². The van der Waals surface area contributed by atoms with Crippen LogP contribution in [-0.2, 0) is 4.79 Å². The minimum absolute atomic E-state index is 0.170. The van der Waals surface area contributed by atoms with E-state index in [9.17, 15) is 4.79 Å². The van der Waals surface area contributed by atoms with Crippen molar-refractivity contribution in [3.05, 3.63) is 28.8 Å². The van der Waals surface area contributed by atoms with Crippen LogP contribution in [-0.4, -0.2) is 26.4 Å². The summed E-state index contributed by atoms with van der Waals surface area (Å²) < 4.78 is 1.68. The fourth-order valence-electron chi connectivity index (χ4n) is 2.19. The third-order valence-electron chi connectivity index (χ3n) is 3.40. The van der Waals surface area contributed by atoms with Crippen LogP contribution in [0.3, 0.4) is 0 Å². The first-order valence-electron chi connectivity index (χ1n) is 7.38. The van der Waals surface area contributed by atoms with Gasteiger partial charge in [-0.05, 0) is 36.8 Å². The molecule has 0 fully saturated rings. The summed E-state index contributed by atoms with van der Waals surface area (Å²) in [5.41, 5.74) is 7.51. The van der Waals surface area contributed by atoms with E-state index in [-0.39, 0.29) is 11.9 Å². The molecule has 1 aromatic heterocycles. The highest BCUT2D eigenvalue weighted by Gasteiger charge is 2.24. The molecule has 0 saturated heterocycles. The molecule has 3 N–H and O–H groups in total. The Hall–Kier alpha value is -1.73. The molecule has 0 aliphatic carbocycles. The molecule has 124 valence electrons. The number of benzene rings is 1. The third kappa shape index (κ3) is 3.97. The van der Waals surface area contributed by atoms with Gasteiger partial charge in [-0.3, -0.25) is 9.36 Å². The zero-order valence-electron chi connectivity index (χ0n) is 13.3. The van der Waals surface area contributed by atoms with Crippen LogP contribution in [0.25, 0.3) is 0 Å². The van der Waals surface area contributed by atoms with Gasteiger partial charge in [-0.25, -0.2) is 0 Å². The highest BCUT2D eigenvalue weighted by atomic mass is 35.5. The molecule has 0 saturated carbocycles. The second-order valence-electron chi connectivity index (χ2n) is 5.02. The lowest BCUT2D eigenvalue weighted by molar-refractivity contribution is -0.119.